The summed E-state index contributed by atoms with van der Waals surface area (Å²) in [5.41, 5.74) is 1.05. The molecule has 1 heterocycles. The zero-order chi connectivity index (χ0) is 24.5. The first-order chi connectivity index (χ1) is 15.4. The van der Waals surface area contributed by atoms with Gasteiger partial charge in [-0.3, -0.25) is 9.59 Å². The first-order valence-electron chi connectivity index (χ1n) is 10.4. The number of benzene rings is 2. The number of aryl methyl sites for hydroxylation is 2. The molecule has 1 atom stereocenters. The molecule has 0 spiro atoms. The number of carbonyl (C=O) groups is 2. The monoisotopic (exact) mass is 458 g/mol. The summed E-state index contributed by atoms with van der Waals surface area (Å²) < 4.78 is 40.3. The van der Waals surface area contributed by atoms with Crippen LogP contribution >= 0.6 is 0 Å². The molecule has 0 aliphatic carbocycles. The van der Waals surface area contributed by atoms with E-state index in [0.29, 0.717) is 5.56 Å². The number of piperazine rings is 1. The molecule has 0 aromatic heterocycles. The fraction of sp³-hybridized carbons (Fsp3) is 0.375. The normalized spacial score (nSPS) is 16.4. The maximum atomic E-state index is 13.4. The highest BCUT2D eigenvalue weighted by Gasteiger charge is 2.38. The molecule has 0 bridgehead atoms. The van der Waals surface area contributed by atoms with Crippen molar-refractivity contribution in [1.29, 1.82) is 5.26 Å². The fourth-order valence-electron chi connectivity index (χ4n) is 4.04. The number of hydrogen-bond donors (Lipinski definition) is 0. The Balaban J connectivity index is 1.95. The van der Waals surface area contributed by atoms with Crippen LogP contribution in [0.25, 0.3) is 0 Å². The van der Waals surface area contributed by atoms with Gasteiger partial charge in [-0.1, -0.05) is 17.7 Å². The van der Waals surface area contributed by atoms with Crippen molar-refractivity contribution in [2.45, 2.75) is 26.1 Å². The quantitative estimate of drug-likeness (QED) is 0.705. The zero-order valence-electron chi connectivity index (χ0n) is 18.9. The van der Waals surface area contributed by atoms with E-state index in [1.165, 1.54) is 15.9 Å². The molecule has 1 saturated heterocycles. The standard InChI is InChI=1S/C24H25F3N4O2/c1-15-5-8-19(16(2)11-15)22(32)31-10-9-30(14-21(31)23(33)29(3)4)18-7-6-17(13-28)20(12-18)24(25,26)27/h5-8,11-12,21H,9-10,14H2,1-4H3. The number of likely N-dealkylation sites (N-methyl/N-ethyl adjacent to an activating group) is 1. The van der Waals surface area contributed by atoms with E-state index in [-0.39, 0.29) is 37.1 Å². The predicted molar refractivity (Wildman–Crippen MR) is 118 cm³/mol. The smallest absolute Gasteiger partial charge is 0.367 e. The van der Waals surface area contributed by atoms with E-state index < -0.39 is 23.3 Å². The zero-order valence-corrected chi connectivity index (χ0v) is 18.9. The molecule has 1 aliphatic heterocycles. The number of alkyl halides is 3. The molecule has 2 aromatic carbocycles. The van der Waals surface area contributed by atoms with Gasteiger partial charge in [0.25, 0.3) is 5.91 Å². The van der Waals surface area contributed by atoms with Crippen LogP contribution in [0.2, 0.25) is 0 Å². The molecule has 2 amide bonds. The van der Waals surface area contributed by atoms with Crippen LogP contribution in [0.3, 0.4) is 0 Å². The lowest BCUT2D eigenvalue weighted by Gasteiger charge is -2.42. The molecular formula is C24H25F3N4O2. The molecule has 2 aromatic rings. The molecular weight excluding hydrogens is 433 g/mol. The molecule has 33 heavy (non-hydrogen) atoms. The number of carbonyl (C=O) groups excluding carboxylic acids is 2. The maximum Gasteiger partial charge on any atom is 0.417 e. The van der Waals surface area contributed by atoms with Gasteiger partial charge in [-0.25, -0.2) is 0 Å². The number of anilines is 1. The topological polar surface area (TPSA) is 67.6 Å². The predicted octanol–water partition coefficient (Wildman–Crippen LogP) is 3.61. The van der Waals surface area contributed by atoms with E-state index in [9.17, 15) is 22.8 Å². The highest BCUT2D eigenvalue weighted by molar-refractivity contribution is 5.99. The van der Waals surface area contributed by atoms with Gasteiger partial charge in [0, 0.05) is 45.0 Å². The Morgan fingerprint density at radius 2 is 1.79 bits per heavy atom. The van der Waals surface area contributed by atoms with Crippen LogP contribution in [-0.4, -0.2) is 61.4 Å². The fourth-order valence-corrected chi connectivity index (χ4v) is 4.04. The Morgan fingerprint density at radius 3 is 2.36 bits per heavy atom. The summed E-state index contributed by atoms with van der Waals surface area (Å²) >= 11 is 0. The van der Waals surface area contributed by atoms with Crippen molar-refractivity contribution in [1.82, 2.24) is 9.80 Å². The SMILES string of the molecule is Cc1ccc(C(=O)N2CCN(c3ccc(C#N)c(C(F)(F)F)c3)CC2C(=O)N(C)C)c(C)c1. The molecule has 0 saturated carbocycles. The van der Waals surface area contributed by atoms with Crippen LogP contribution in [0.1, 0.15) is 32.6 Å². The van der Waals surface area contributed by atoms with Crippen molar-refractivity contribution in [3.63, 3.8) is 0 Å². The van der Waals surface area contributed by atoms with Crippen LogP contribution in [-0.2, 0) is 11.0 Å². The van der Waals surface area contributed by atoms with Crippen molar-refractivity contribution >= 4 is 17.5 Å². The van der Waals surface area contributed by atoms with Gasteiger partial charge in [-0.15, -0.1) is 0 Å². The van der Waals surface area contributed by atoms with Crippen molar-refractivity contribution in [3.05, 3.63) is 64.2 Å². The molecule has 9 heteroatoms. The highest BCUT2D eigenvalue weighted by Crippen LogP contribution is 2.35. The third kappa shape index (κ3) is 4.95. The van der Waals surface area contributed by atoms with E-state index >= 15 is 0 Å². The van der Waals surface area contributed by atoms with E-state index in [2.05, 4.69) is 0 Å². The highest BCUT2D eigenvalue weighted by atomic mass is 19.4. The molecule has 0 radical (unpaired) electrons. The number of nitriles is 1. The lowest BCUT2D eigenvalue weighted by molar-refractivity contribution is -0.138. The molecule has 1 unspecified atom stereocenters. The van der Waals surface area contributed by atoms with Gasteiger partial charge in [-0.2, -0.15) is 18.4 Å². The van der Waals surface area contributed by atoms with Gasteiger partial charge in [0.05, 0.1) is 17.2 Å². The number of amides is 2. The Morgan fingerprint density at radius 1 is 1.09 bits per heavy atom. The van der Waals surface area contributed by atoms with Crippen LogP contribution in [0.4, 0.5) is 18.9 Å². The van der Waals surface area contributed by atoms with E-state index in [0.717, 1.165) is 23.3 Å². The number of nitrogens with zero attached hydrogens (tertiary/aromatic N) is 4. The van der Waals surface area contributed by atoms with Gasteiger partial charge in [0.1, 0.15) is 6.04 Å². The van der Waals surface area contributed by atoms with Crippen molar-refractivity contribution in [2.24, 2.45) is 0 Å². The summed E-state index contributed by atoms with van der Waals surface area (Å²) in [5, 5.41) is 9.04. The molecule has 1 aliphatic rings. The second-order valence-electron chi connectivity index (χ2n) is 8.35. The van der Waals surface area contributed by atoms with E-state index in [4.69, 9.17) is 5.26 Å². The average molecular weight is 458 g/mol. The Hall–Kier alpha value is -3.54. The van der Waals surface area contributed by atoms with Gasteiger partial charge < -0.3 is 14.7 Å². The van der Waals surface area contributed by atoms with E-state index in [1.807, 2.05) is 26.0 Å². The summed E-state index contributed by atoms with van der Waals surface area (Å²) in [6.45, 7) is 4.20. The van der Waals surface area contributed by atoms with Crippen molar-refractivity contribution in [2.75, 3.05) is 38.6 Å². The third-order valence-electron chi connectivity index (χ3n) is 5.77. The second-order valence-corrected chi connectivity index (χ2v) is 8.35. The Labute approximate surface area is 190 Å². The summed E-state index contributed by atoms with van der Waals surface area (Å²) in [6.07, 6.45) is -4.68. The maximum absolute atomic E-state index is 13.4. The van der Waals surface area contributed by atoms with E-state index in [1.54, 1.807) is 31.1 Å². The van der Waals surface area contributed by atoms with Crippen molar-refractivity contribution < 1.29 is 22.8 Å². The number of halogens is 3. The lowest BCUT2D eigenvalue weighted by atomic mass is 10.0. The Bertz CT molecular complexity index is 1120. The second kappa shape index (κ2) is 9.14. The van der Waals surface area contributed by atoms with Gasteiger partial charge in [-0.05, 0) is 43.7 Å². The minimum absolute atomic E-state index is 0.0386. The third-order valence-corrected chi connectivity index (χ3v) is 5.77. The molecule has 174 valence electrons. The van der Waals surface area contributed by atoms with Gasteiger partial charge in [0.2, 0.25) is 5.91 Å². The minimum atomic E-state index is -4.68. The largest absolute Gasteiger partial charge is 0.417 e. The van der Waals surface area contributed by atoms with Crippen LogP contribution in [0, 0.1) is 25.2 Å². The summed E-state index contributed by atoms with van der Waals surface area (Å²) in [6, 6.07) is 9.65. The summed E-state index contributed by atoms with van der Waals surface area (Å²) in [7, 11) is 3.15. The van der Waals surface area contributed by atoms with Crippen molar-refractivity contribution in [3.8, 4) is 6.07 Å². The first-order valence-corrected chi connectivity index (χ1v) is 10.4. The first kappa shape index (κ1) is 24.1. The van der Waals surface area contributed by atoms with Gasteiger partial charge >= 0.3 is 6.18 Å². The summed E-state index contributed by atoms with van der Waals surface area (Å²) in [4.78, 5) is 30.8. The molecule has 0 N–H and O–H groups in total. The Kier molecular flexibility index (Phi) is 6.68. The minimum Gasteiger partial charge on any atom is -0.367 e. The lowest BCUT2D eigenvalue weighted by Crippen LogP contribution is -2.60. The van der Waals surface area contributed by atoms with Gasteiger partial charge in [0.15, 0.2) is 0 Å². The van der Waals surface area contributed by atoms with Crippen LogP contribution in [0.5, 0.6) is 0 Å². The molecule has 1 fully saturated rings. The average Bonchev–Trinajstić information content (AvgIpc) is 2.76. The number of hydrogen-bond acceptors (Lipinski definition) is 4. The molecule has 3 rings (SSSR count). The summed E-state index contributed by atoms with van der Waals surface area (Å²) in [5.74, 6) is -0.606. The van der Waals surface area contributed by atoms with Crippen LogP contribution in [0.15, 0.2) is 36.4 Å². The number of rotatable bonds is 3. The van der Waals surface area contributed by atoms with Crippen LogP contribution < -0.4 is 4.90 Å². The molecule has 6 nitrogen and oxygen atoms in total.